The minimum absolute atomic E-state index is 0.328. The zero-order chi connectivity index (χ0) is 10.7. The van der Waals surface area contributed by atoms with E-state index in [2.05, 4.69) is 51.0 Å². The van der Waals surface area contributed by atoms with Crippen LogP contribution in [0.3, 0.4) is 0 Å². The molecular weight excluding hydrogens is 172 g/mol. The first-order valence-corrected chi connectivity index (χ1v) is 5.00. The Morgan fingerprint density at radius 2 is 1.86 bits per heavy atom. The lowest BCUT2D eigenvalue weighted by Crippen LogP contribution is -2.27. The van der Waals surface area contributed by atoms with Gasteiger partial charge in [-0.15, -0.1) is 0 Å². The third kappa shape index (κ3) is 2.34. The van der Waals surface area contributed by atoms with Gasteiger partial charge in [0, 0.05) is 12.6 Å². The lowest BCUT2D eigenvalue weighted by Gasteiger charge is -2.23. The van der Waals surface area contributed by atoms with E-state index in [1.807, 2.05) is 0 Å². The topological polar surface area (TPSA) is 29.3 Å². The van der Waals surface area contributed by atoms with Crippen LogP contribution >= 0.6 is 0 Å². The number of hydrogen-bond donors (Lipinski definition) is 1. The van der Waals surface area contributed by atoms with Gasteiger partial charge in [0.1, 0.15) is 0 Å². The lowest BCUT2D eigenvalue weighted by molar-refractivity contribution is 0.306. The van der Waals surface area contributed by atoms with Crippen LogP contribution in [0.2, 0.25) is 0 Å². The van der Waals surface area contributed by atoms with Crippen molar-refractivity contribution in [3.63, 3.8) is 0 Å². The first-order chi connectivity index (χ1) is 6.56. The molecule has 1 unspecified atom stereocenters. The minimum Gasteiger partial charge on any atom is -0.329 e. The smallest absolute Gasteiger partial charge is 0.0464 e. The summed E-state index contributed by atoms with van der Waals surface area (Å²) in [7, 11) is 4.12. The van der Waals surface area contributed by atoms with Crippen molar-refractivity contribution >= 4 is 0 Å². The quantitative estimate of drug-likeness (QED) is 0.792. The third-order valence-electron chi connectivity index (χ3n) is 2.76. The zero-order valence-corrected chi connectivity index (χ0v) is 9.54. The van der Waals surface area contributed by atoms with E-state index in [1.54, 1.807) is 0 Å². The average Bonchev–Trinajstić information content (AvgIpc) is 2.11. The van der Waals surface area contributed by atoms with E-state index in [0.717, 1.165) is 0 Å². The Bertz CT molecular complexity index is 305. The highest BCUT2D eigenvalue weighted by Gasteiger charge is 2.11. The Labute approximate surface area is 86.7 Å². The molecule has 0 aliphatic rings. The number of nitrogens with two attached hydrogens (primary N) is 1. The van der Waals surface area contributed by atoms with Gasteiger partial charge in [-0.05, 0) is 44.6 Å². The molecule has 0 radical (unpaired) electrons. The van der Waals surface area contributed by atoms with Crippen molar-refractivity contribution in [1.82, 2.24) is 4.90 Å². The Morgan fingerprint density at radius 3 is 2.29 bits per heavy atom. The summed E-state index contributed by atoms with van der Waals surface area (Å²) in [6.45, 7) is 4.93. The van der Waals surface area contributed by atoms with Gasteiger partial charge in [-0.25, -0.2) is 0 Å². The van der Waals surface area contributed by atoms with E-state index >= 15 is 0 Å². The van der Waals surface area contributed by atoms with Crippen LogP contribution in [0, 0.1) is 13.8 Å². The number of nitrogens with zero attached hydrogens (tertiary/aromatic N) is 1. The molecule has 1 atom stereocenters. The van der Waals surface area contributed by atoms with E-state index in [9.17, 15) is 0 Å². The fourth-order valence-corrected chi connectivity index (χ4v) is 1.62. The van der Waals surface area contributed by atoms with Crippen LogP contribution in [0.25, 0.3) is 0 Å². The predicted molar refractivity (Wildman–Crippen MR) is 61.4 cm³/mol. The van der Waals surface area contributed by atoms with Crippen LogP contribution in [0.5, 0.6) is 0 Å². The summed E-state index contributed by atoms with van der Waals surface area (Å²) < 4.78 is 0. The molecule has 1 rings (SSSR count). The molecule has 0 spiro atoms. The third-order valence-corrected chi connectivity index (χ3v) is 2.76. The SMILES string of the molecule is Cc1ccc(C(CN)N(C)C)cc1C. The highest BCUT2D eigenvalue weighted by molar-refractivity contribution is 5.31. The molecule has 0 heterocycles. The molecule has 0 aliphatic carbocycles. The fourth-order valence-electron chi connectivity index (χ4n) is 1.62. The van der Waals surface area contributed by atoms with Crippen LogP contribution in [-0.2, 0) is 0 Å². The number of benzene rings is 1. The van der Waals surface area contributed by atoms with Gasteiger partial charge in [-0.3, -0.25) is 0 Å². The van der Waals surface area contributed by atoms with Crippen molar-refractivity contribution < 1.29 is 0 Å². The van der Waals surface area contributed by atoms with Gasteiger partial charge in [0.25, 0.3) is 0 Å². The van der Waals surface area contributed by atoms with Crippen LogP contribution in [-0.4, -0.2) is 25.5 Å². The zero-order valence-electron chi connectivity index (χ0n) is 9.54. The van der Waals surface area contributed by atoms with Crippen LogP contribution in [0.15, 0.2) is 18.2 Å². The maximum absolute atomic E-state index is 5.75. The number of likely N-dealkylation sites (N-methyl/N-ethyl adjacent to an activating group) is 1. The highest BCUT2D eigenvalue weighted by Crippen LogP contribution is 2.19. The maximum Gasteiger partial charge on any atom is 0.0464 e. The molecule has 2 nitrogen and oxygen atoms in total. The van der Waals surface area contributed by atoms with Gasteiger partial charge in [-0.1, -0.05) is 18.2 Å². The second kappa shape index (κ2) is 4.58. The molecule has 2 N–H and O–H groups in total. The van der Waals surface area contributed by atoms with Gasteiger partial charge in [0.15, 0.2) is 0 Å². The molecule has 1 aromatic carbocycles. The molecule has 0 saturated heterocycles. The first kappa shape index (κ1) is 11.2. The van der Waals surface area contributed by atoms with Crippen molar-refractivity contribution in [3.05, 3.63) is 34.9 Å². The number of rotatable bonds is 3. The van der Waals surface area contributed by atoms with Gasteiger partial charge in [0.2, 0.25) is 0 Å². The minimum atomic E-state index is 0.328. The Hall–Kier alpha value is -0.860. The summed E-state index contributed by atoms with van der Waals surface area (Å²) in [5, 5.41) is 0. The molecule has 0 fully saturated rings. The maximum atomic E-state index is 5.75. The molecule has 78 valence electrons. The first-order valence-electron chi connectivity index (χ1n) is 5.00. The molecule has 2 heteroatoms. The molecule has 14 heavy (non-hydrogen) atoms. The van der Waals surface area contributed by atoms with Crippen LogP contribution in [0.1, 0.15) is 22.7 Å². The predicted octanol–water partition coefficient (Wildman–Crippen LogP) is 1.86. The van der Waals surface area contributed by atoms with Gasteiger partial charge in [-0.2, -0.15) is 0 Å². The lowest BCUT2D eigenvalue weighted by atomic mass is 10.0. The van der Waals surface area contributed by atoms with Gasteiger partial charge < -0.3 is 10.6 Å². The summed E-state index contributed by atoms with van der Waals surface area (Å²) in [6.07, 6.45) is 0. The molecule has 0 aromatic heterocycles. The summed E-state index contributed by atoms with van der Waals surface area (Å²) in [5.41, 5.74) is 9.73. The van der Waals surface area contributed by atoms with E-state index in [0.29, 0.717) is 12.6 Å². The molecule has 0 saturated carbocycles. The van der Waals surface area contributed by atoms with E-state index in [4.69, 9.17) is 5.73 Å². The molecule has 0 aliphatic heterocycles. The van der Waals surface area contributed by atoms with Crippen molar-refractivity contribution in [2.75, 3.05) is 20.6 Å². The van der Waals surface area contributed by atoms with Crippen molar-refractivity contribution in [2.45, 2.75) is 19.9 Å². The van der Waals surface area contributed by atoms with Crippen molar-refractivity contribution in [1.29, 1.82) is 0 Å². The van der Waals surface area contributed by atoms with Crippen LogP contribution in [0.4, 0.5) is 0 Å². The number of hydrogen-bond acceptors (Lipinski definition) is 2. The molecule has 0 amide bonds. The standard InChI is InChI=1S/C12H20N2/c1-9-5-6-11(7-10(9)2)12(8-13)14(3)4/h5-7,12H,8,13H2,1-4H3. The molecule has 1 aromatic rings. The molecular formula is C12H20N2. The van der Waals surface area contributed by atoms with Gasteiger partial charge in [0.05, 0.1) is 0 Å². The summed E-state index contributed by atoms with van der Waals surface area (Å²) in [6, 6.07) is 6.89. The number of aryl methyl sites for hydroxylation is 2. The fraction of sp³-hybridized carbons (Fsp3) is 0.500. The Kier molecular flexibility index (Phi) is 3.67. The monoisotopic (exact) mass is 192 g/mol. The Balaban J connectivity index is 3.00. The van der Waals surface area contributed by atoms with Crippen LogP contribution < -0.4 is 5.73 Å². The Morgan fingerprint density at radius 1 is 1.21 bits per heavy atom. The van der Waals surface area contributed by atoms with E-state index in [-0.39, 0.29) is 0 Å². The normalized spacial score (nSPS) is 13.3. The van der Waals surface area contributed by atoms with Gasteiger partial charge >= 0.3 is 0 Å². The highest BCUT2D eigenvalue weighted by atomic mass is 15.1. The van der Waals surface area contributed by atoms with E-state index in [1.165, 1.54) is 16.7 Å². The summed E-state index contributed by atoms with van der Waals surface area (Å²) in [5.74, 6) is 0. The summed E-state index contributed by atoms with van der Waals surface area (Å²) >= 11 is 0. The second-order valence-corrected chi connectivity index (χ2v) is 4.06. The second-order valence-electron chi connectivity index (χ2n) is 4.06. The van der Waals surface area contributed by atoms with E-state index < -0.39 is 0 Å². The van der Waals surface area contributed by atoms with Crippen molar-refractivity contribution in [3.8, 4) is 0 Å². The van der Waals surface area contributed by atoms with Crippen molar-refractivity contribution in [2.24, 2.45) is 5.73 Å². The average molecular weight is 192 g/mol. The largest absolute Gasteiger partial charge is 0.329 e. The summed E-state index contributed by atoms with van der Waals surface area (Å²) in [4.78, 5) is 2.16. The molecule has 0 bridgehead atoms.